The van der Waals surface area contributed by atoms with Crippen molar-refractivity contribution >= 4 is 27.5 Å². The lowest BCUT2D eigenvalue weighted by Gasteiger charge is -1.91. The third-order valence-electron chi connectivity index (χ3n) is 2.45. The standard InChI is InChI=1S/C12H9N2/c13-8-5-6-10-9-3-1-2-4-11(9)14-12(10)7-8/h1-6,14H,13H2. The van der Waals surface area contributed by atoms with E-state index in [2.05, 4.69) is 23.2 Å². The molecule has 1 radical (unpaired) electrons. The fourth-order valence-corrected chi connectivity index (χ4v) is 1.79. The van der Waals surface area contributed by atoms with Crippen LogP contribution < -0.4 is 5.73 Å². The van der Waals surface area contributed by atoms with Gasteiger partial charge in [-0.25, -0.2) is 0 Å². The van der Waals surface area contributed by atoms with Crippen molar-refractivity contribution in [2.45, 2.75) is 0 Å². The molecule has 14 heavy (non-hydrogen) atoms. The van der Waals surface area contributed by atoms with Crippen LogP contribution in [0.25, 0.3) is 21.8 Å². The minimum Gasteiger partial charge on any atom is -0.398 e. The lowest BCUT2D eigenvalue weighted by molar-refractivity contribution is 1.54. The van der Waals surface area contributed by atoms with E-state index < -0.39 is 0 Å². The minimum absolute atomic E-state index is 0.670. The van der Waals surface area contributed by atoms with E-state index in [9.17, 15) is 0 Å². The Kier molecular flexibility index (Phi) is 1.34. The van der Waals surface area contributed by atoms with Gasteiger partial charge in [-0.05, 0) is 12.1 Å². The van der Waals surface area contributed by atoms with Gasteiger partial charge in [0.15, 0.2) is 0 Å². The Morgan fingerprint density at radius 3 is 2.79 bits per heavy atom. The van der Waals surface area contributed by atoms with Crippen LogP contribution in [0.1, 0.15) is 0 Å². The highest BCUT2D eigenvalue weighted by Crippen LogP contribution is 2.25. The number of nitrogen functional groups attached to an aromatic ring is 1. The largest absolute Gasteiger partial charge is 0.398 e. The highest BCUT2D eigenvalue weighted by molar-refractivity contribution is 6.07. The first-order valence-electron chi connectivity index (χ1n) is 4.53. The Labute approximate surface area is 81.3 Å². The molecule has 0 aliphatic heterocycles. The summed E-state index contributed by atoms with van der Waals surface area (Å²) in [5.74, 6) is 0. The fourth-order valence-electron chi connectivity index (χ4n) is 1.79. The zero-order valence-electron chi connectivity index (χ0n) is 7.54. The molecular formula is C12H9N2. The zero-order valence-corrected chi connectivity index (χ0v) is 7.54. The van der Waals surface area contributed by atoms with E-state index in [-0.39, 0.29) is 0 Å². The highest BCUT2D eigenvalue weighted by Gasteiger charge is 2.02. The monoisotopic (exact) mass is 181 g/mol. The fraction of sp³-hybridized carbons (Fsp3) is 0. The van der Waals surface area contributed by atoms with Crippen LogP contribution in [0.5, 0.6) is 0 Å². The lowest BCUT2D eigenvalue weighted by Crippen LogP contribution is -1.82. The molecule has 0 amide bonds. The third kappa shape index (κ3) is 0.909. The second kappa shape index (κ2) is 2.51. The van der Waals surface area contributed by atoms with Crippen molar-refractivity contribution in [1.82, 2.24) is 4.98 Å². The third-order valence-corrected chi connectivity index (χ3v) is 2.45. The summed E-state index contributed by atoms with van der Waals surface area (Å²) in [4.78, 5) is 3.28. The van der Waals surface area contributed by atoms with Crippen molar-refractivity contribution in [3.8, 4) is 0 Å². The molecule has 0 spiro atoms. The van der Waals surface area contributed by atoms with Gasteiger partial charge in [0, 0.05) is 28.0 Å². The van der Waals surface area contributed by atoms with Gasteiger partial charge in [-0.1, -0.05) is 24.3 Å². The van der Waals surface area contributed by atoms with Gasteiger partial charge in [0.25, 0.3) is 0 Å². The maximum Gasteiger partial charge on any atom is 0.0567 e. The summed E-state index contributed by atoms with van der Waals surface area (Å²) in [6.45, 7) is 0. The number of hydrogen-bond donors (Lipinski definition) is 2. The summed E-state index contributed by atoms with van der Waals surface area (Å²) in [5, 5.41) is 2.40. The summed E-state index contributed by atoms with van der Waals surface area (Å²) in [5.41, 5.74) is 8.45. The van der Waals surface area contributed by atoms with Crippen molar-refractivity contribution in [3.05, 3.63) is 42.5 Å². The van der Waals surface area contributed by atoms with E-state index in [1.807, 2.05) is 24.3 Å². The molecule has 0 saturated carbocycles. The maximum atomic E-state index is 5.67. The number of rotatable bonds is 0. The number of anilines is 1. The molecule has 3 aromatic rings. The maximum absolute atomic E-state index is 5.67. The Morgan fingerprint density at radius 1 is 1.00 bits per heavy atom. The summed E-state index contributed by atoms with van der Waals surface area (Å²) >= 11 is 0. The average molecular weight is 181 g/mol. The molecule has 0 bridgehead atoms. The topological polar surface area (TPSA) is 41.8 Å². The molecule has 3 rings (SSSR count). The van der Waals surface area contributed by atoms with E-state index in [0.717, 1.165) is 11.0 Å². The van der Waals surface area contributed by atoms with E-state index in [1.165, 1.54) is 10.8 Å². The van der Waals surface area contributed by atoms with E-state index in [0.29, 0.717) is 5.69 Å². The van der Waals surface area contributed by atoms with Crippen LogP contribution in [0.3, 0.4) is 0 Å². The summed E-state index contributed by atoms with van der Waals surface area (Å²) in [6, 6.07) is 15.2. The summed E-state index contributed by atoms with van der Waals surface area (Å²) in [6.07, 6.45) is 0. The first-order chi connectivity index (χ1) is 6.84. The zero-order chi connectivity index (χ0) is 9.54. The molecule has 1 heterocycles. The van der Waals surface area contributed by atoms with Gasteiger partial charge < -0.3 is 10.7 Å². The Hall–Kier alpha value is -1.96. The second-order valence-electron chi connectivity index (χ2n) is 3.37. The lowest BCUT2D eigenvalue weighted by atomic mass is 10.1. The van der Waals surface area contributed by atoms with Crippen molar-refractivity contribution in [2.75, 3.05) is 5.73 Å². The number of aromatic nitrogens is 1. The van der Waals surface area contributed by atoms with Gasteiger partial charge in [0.1, 0.15) is 0 Å². The molecular weight excluding hydrogens is 172 g/mol. The van der Waals surface area contributed by atoms with Crippen LogP contribution in [0.2, 0.25) is 0 Å². The number of hydrogen-bond acceptors (Lipinski definition) is 1. The van der Waals surface area contributed by atoms with Crippen LogP contribution in [0, 0.1) is 6.07 Å². The summed E-state index contributed by atoms with van der Waals surface area (Å²) in [7, 11) is 0. The second-order valence-corrected chi connectivity index (χ2v) is 3.37. The number of nitrogens with two attached hydrogens (primary N) is 1. The molecule has 1 aromatic heterocycles. The molecule has 0 atom stereocenters. The van der Waals surface area contributed by atoms with Gasteiger partial charge >= 0.3 is 0 Å². The number of nitrogens with one attached hydrogen (secondary N) is 1. The molecule has 67 valence electrons. The highest BCUT2D eigenvalue weighted by atomic mass is 14.7. The SMILES string of the molecule is Nc1[c]c2[nH]c3ccccc3c2cc1. The molecule has 0 saturated heterocycles. The van der Waals surface area contributed by atoms with Crippen LogP contribution in [-0.2, 0) is 0 Å². The van der Waals surface area contributed by atoms with Crippen molar-refractivity contribution in [1.29, 1.82) is 0 Å². The minimum atomic E-state index is 0.670. The number of fused-ring (bicyclic) bond motifs is 3. The van der Waals surface area contributed by atoms with Crippen LogP contribution in [0.15, 0.2) is 36.4 Å². The molecule has 2 nitrogen and oxygen atoms in total. The van der Waals surface area contributed by atoms with Crippen LogP contribution in [-0.4, -0.2) is 4.98 Å². The molecule has 2 aromatic carbocycles. The van der Waals surface area contributed by atoms with E-state index >= 15 is 0 Å². The number of aromatic amines is 1. The Bertz CT molecular complexity index is 608. The van der Waals surface area contributed by atoms with Gasteiger partial charge in [0.05, 0.1) is 5.52 Å². The first kappa shape index (κ1) is 7.44. The van der Waals surface area contributed by atoms with Gasteiger partial charge in [-0.3, -0.25) is 0 Å². The molecule has 0 aliphatic rings. The van der Waals surface area contributed by atoms with Gasteiger partial charge in [-0.15, -0.1) is 0 Å². The summed E-state index contributed by atoms with van der Waals surface area (Å²) < 4.78 is 0. The van der Waals surface area contributed by atoms with Crippen molar-refractivity contribution in [2.24, 2.45) is 0 Å². The Morgan fingerprint density at radius 2 is 1.86 bits per heavy atom. The van der Waals surface area contributed by atoms with Crippen molar-refractivity contribution in [3.63, 3.8) is 0 Å². The number of H-pyrrole nitrogens is 1. The van der Waals surface area contributed by atoms with Crippen LogP contribution in [0.4, 0.5) is 5.69 Å². The van der Waals surface area contributed by atoms with E-state index in [4.69, 9.17) is 5.73 Å². The number of benzene rings is 2. The predicted molar refractivity (Wildman–Crippen MR) is 59.1 cm³/mol. The smallest absolute Gasteiger partial charge is 0.0567 e. The van der Waals surface area contributed by atoms with Crippen LogP contribution >= 0.6 is 0 Å². The average Bonchev–Trinajstić information content (AvgIpc) is 2.54. The Balaban J connectivity index is 2.57. The molecule has 0 aliphatic carbocycles. The van der Waals surface area contributed by atoms with Crippen molar-refractivity contribution < 1.29 is 0 Å². The molecule has 2 heteroatoms. The van der Waals surface area contributed by atoms with Gasteiger partial charge in [0.2, 0.25) is 0 Å². The molecule has 3 N–H and O–H groups in total. The molecule has 0 fully saturated rings. The normalized spacial score (nSPS) is 11.1. The number of para-hydroxylation sites is 1. The van der Waals surface area contributed by atoms with E-state index in [1.54, 1.807) is 0 Å². The predicted octanol–water partition coefficient (Wildman–Crippen LogP) is 2.70. The first-order valence-corrected chi connectivity index (χ1v) is 4.53. The molecule has 0 unspecified atom stereocenters. The quantitative estimate of drug-likeness (QED) is 0.514. The van der Waals surface area contributed by atoms with Gasteiger partial charge in [-0.2, -0.15) is 0 Å².